The first-order valence-electron chi connectivity index (χ1n) is 5.86. The van der Waals surface area contributed by atoms with Crippen LogP contribution < -0.4 is 4.74 Å². The van der Waals surface area contributed by atoms with Crippen LogP contribution in [0.25, 0.3) is 10.1 Å². The summed E-state index contributed by atoms with van der Waals surface area (Å²) in [5, 5.41) is 10.3. The van der Waals surface area contributed by atoms with Crippen LogP contribution in [0.3, 0.4) is 0 Å². The van der Waals surface area contributed by atoms with Crippen molar-refractivity contribution in [1.82, 2.24) is 0 Å². The molecule has 0 aliphatic rings. The number of thiophene rings is 1. The minimum absolute atomic E-state index is 0.423. The van der Waals surface area contributed by atoms with Crippen molar-refractivity contribution >= 4 is 27.4 Å². The first-order valence-corrected chi connectivity index (χ1v) is 6.68. The Kier molecular flexibility index (Phi) is 3.57. The molecule has 0 radical (unpaired) electrons. The second-order valence-electron chi connectivity index (χ2n) is 4.65. The van der Waals surface area contributed by atoms with Crippen LogP contribution in [-0.2, 0) is 6.42 Å². The molecular formula is C14H16O3S. The number of rotatable bonds is 4. The second-order valence-corrected chi connectivity index (χ2v) is 5.67. The van der Waals surface area contributed by atoms with Crippen LogP contribution >= 0.6 is 11.3 Å². The van der Waals surface area contributed by atoms with Crippen molar-refractivity contribution in [1.29, 1.82) is 0 Å². The highest BCUT2D eigenvalue weighted by molar-refractivity contribution is 7.21. The Morgan fingerprint density at radius 1 is 1.44 bits per heavy atom. The quantitative estimate of drug-likeness (QED) is 0.913. The van der Waals surface area contributed by atoms with Crippen LogP contribution in [0.2, 0.25) is 0 Å². The summed E-state index contributed by atoms with van der Waals surface area (Å²) >= 11 is 1.30. The normalized spacial score (nSPS) is 11.1. The number of fused-ring (bicyclic) bond motifs is 1. The molecule has 0 bridgehead atoms. The molecular weight excluding hydrogens is 248 g/mol. The molecule has 0 spiro atoms. The number of benzene rings is 1. The van der Waals surface area contributed by atoms with Gasteiger partial charge in [0.25, 0.3) is 0 Å². The maximum absolute atomic E-state index is 11.3. The lowest BCUT2D eigenvalue weighted by molar-refractivity contribution is 0.0701. The maximum atomic E-state index is 11.3. The lowest BCUT2D eigenvalue weighted by Gasteiger charge is -2.05. The lowest BCUT2D eigenvalue weighted by atomic mass is 10.00. The van der Waals surface area contributed by atoms with Gasteiger partial charge in [-0.05, 0) is 24.0 Å². The number of carbonyl (C=O) groups is 1. The van der Waals surface area contributed by atoms with E-state index in [2.05, 4.69) is 13.8 Å². The summed E-state index contributed by atoms with van der Waals surface area (Å²) in [6, 6.07) is 5.74. The lowest BCUT2D eigenvalue weighted by Crippen LogP contribution is -2.01. The van der Waals surface area contributed by atoms with E-state index in [1.54, 1.807) is 7.11 Å². The molecule has 0 unspecified atom stereocenters. The monoisotopic (exact) mass is 264 g/mol. The Hall–Kier alpha value is -1.55. The van der Waals surface area contributed by atoms with Crippen LogP contribution in [0.5, 0.6) is 5.75 Å². The van der Waals surface area contributed by atoms with Crippen molar-refractivity contribution < 1.29 is 14.6 Å². The molecule has 1 heterocycles. The summed E-state index contributed by atoms with van der Waals surface area (Å²) in [5.74, 6) is 0.316. The van der Waals surface area contributed by atoms with Gasteiger partial charge in [-0.2, -0.15) is 0 Å². The van der Waals surface area contributed by atoms with Crippen molar-refractivity contribution in [2.75, 3.05) is 7.11 Å². The van der Waals surface area contributed by atoms with E-state index in [0.717, 1.165) is 27.8 Å². The number of carboxylic acids is 1. The number of hydrogen-bond donors (Lipinski definition) is 1. The summed E-state index contributed by atoms with van der Waals surface area (Å²) in [6.45, 7) is 4.19. The Bertz CT molecular complexity index is 584. The highest BCUT2D eigenvalue weighted by Gasteiger charge is 2.20. The van der Waals surface area contributed by atoms with E-state index in [4.69, 9.17) is 4.74 Å². The van der Waals surface area contributed by atoms with Crippen LogP contribution in [0.4, 0.5) is 0 Å². The molecule has 2 rings (SSSR count). The molecule has 0 aliphatic carbocycles. The second kappa shape index (κ2) is 4.98. The highest BCUT2D eigenvalue weighted by Crippen LogP contribution is 2.38. The van der Waals surface area contributed by atoms with Gasteiger partial charge in [0.15, 0.2) is 0 Å². The van der Waals surface area contributed by atoms with Crippen LogP contribution in [0.1, 0.15) is 29.1 Å². The van der Waals surface area contributed by atoms with Crippen LogP contribution in [0.15, 0.2) is 18.2 Å². The van der Waals surface area contributed by atoms with E-state index in [1.807, 2.05) is 18.2 Å². The summed E-state index contributed by atoms with van der Waals surface area (Å²) < 4.78 is 6.22. The first kappa shape index (κ1) is 12.9. The molecule has 1 aromatic carbocycles. The predicted octanol–water partition coefficient (Wildman–Crippen LogP) is 3.81. The van der Waals surface area contributed by atoms with Gasteiger partial charge in [0.1, 0.15) is 10.6 Å². The highest BCUT2D eigenvalue weighted by atomic mass is 32.1. The zero-order valence-electron chi connectivity index (χ0n) is 10.7. The number of carboxylic acid groups (broad SMARTS) is 1. The van der Waals surface area contributed by atoms with Gasteiger partial charge >= 0.3 is 5.97 Å². The minimum Gasteiger partial charge on any atom is -0.495 e. The van der Waals surface area contributed by atoms with Gasteiger partial charge < -0.3 is 9.84 Å². The number of hydrogen-bond acceptors (Lipinski definition) is 3. The number of aromatic carboxylic acids is 1. The van der Waals surface area contributed by atoms with Crippen molar-refractivity contribution in [2.45, 2.75) is 20.3 Å². The Labute approximate surface area is 110 Å². The van der Waals surface area contributed by atoms with E-state index in [0.29, 0.717) is 10.8 Å². The molecule has 0 fully saturated rings. The molecule has 0 atom stereocenters. The summed E-state index contributed by atoms with van der Waals surface area (Å²) in [6.07, 6.45) is 0.773. The molecule has 18 heavy (non-hydrogen) atoms. The molecule has 0 saturated carbocycles. The van der Waals surface area contributed by atoms with E-state index >= 15 is 0 Å². The summed E-state index contributed by atoms with van der Waals surface area (Å²) in [7, 11) is 1.61. The topological polar surface area (TPSA) is 46.5 Å². The van der Waals surface area contributed by atoms with Crippen molar-refractivity contribution in [3.05, 3.63) is 28.6 Å². The fraction of sp³-hybridized carbons (Fsp3) is 0.357. The third-order valence-electron chi connectivity index (χ3n) is 2.81. The van der Waals surface area contributed by atoms with Crippen LogP contribution in [-0.4, -0.2) is 18.2 Å². The van der Waals surface area contributed by atoms with Crippen molar-refractivity contribution in [3.8, 4) is 5.75 Å². The Balaban J connectivity index is 2.71. The summed E-state index contributed by atoms with van der Waals surface area (Å²) in [5.41, 5.74) is 0.927. The average Bonchev–Trinajstić information content (AvgIpc) is 2.67. The first-order chi connectivity index (χ1) is 8.54. The molecule has 1 aromatic heterocycles. The van der Waals surface area contributed by atoms with E-state index in [-0.39, 0.29) is 0 Å². The molecule has 4 heteroatoms. The third-order valence-corrected chi connectivity index (χ3v) is 4.06. The zero-order chi connectivity index (χ0) is 13.3. The number of methoxy groups -OCH3 is 1. The third kappa shape index (κ3) is 2.20. The van der Waals surface area contributed by atoms with Gasteiger partial charge in [-0.1, -0.05) is 26.0 Å². The van der Waals surface area contributed by atoms with Gasteiger partial charge in [-0.25, -0.2) is 4.79 Å². The largest absolute Gasteiger partial charge is 0.495 e. The van der Waals surface area contributed by atoms with Gasteiger partial charge in [0, 0.05) is 5.39 Å². The van der Waals surface area contributed by atoms with E-state index in [9.17, 15) is 9.90 Å². The minimum atomic E-state index is -0.853. The Morgan fingerprint density at radius 3 is 2.72 bits per heavy atom. The van der Waals surface area contributed by atoms with Gasteiger partial charge in [-0.15, -0.1) is 11.3 Å². The predicted molar refractivity (Wildman–Crippen MR) is 73.9 cm³/mol. The van der Waals surface area contributed by atoms with Gasteiger partial charge in [-0.3, -0.25) is 0 Å². The molecule has 96 valence electrons. The van der Waals surface area contributed by atoms with E-state index < -0.39 is 5.97 Å². The number of ether oxygens (including phenoxy) is 1. The van der Waals surface area contributed by atoms with Gasteiger partial charge in [0.2, 0.25) is 0 Å². The van der Waals surface area contributed by atoms with E-state index in [1.165, 1.54) is 11.3 Å². The molecule has 3 nitrogen and oxygen atoms in total. The zero-order valence-corrected chi connectivity index (χ0v) is 11.5. The fourth-order valence-corrected chi connectivity index (χ4v) is 3.25. The smallest absolute Gasteiger partial charge is 0.346 e. The fourth-order valence-electron chi connectivity index (χ4n) is 2.09. The molecule has 0 saturated heterocycles. The molecule has 2 aromatic rings. The standard InChI is InChI=1S/C14H16O3S/c1-8(2)7-10-9-5-4-6-11(17-3)12(9)18-13(10)14(15)16/h4-6,8H,7H2,1-3H3,(H,15,16). The molecule has 0 amide bonds. The van der Waals surface area contributed by atoms with Gasteiger partial charge in [0.05, 0.1) is 11.8 Å². The van der Waals surface area contributed by atoms with Crippen LogP contribution in [0, 0.1) is 5.92 Å². The van der Waals surface area contributed by atoms with Crippen molar-refractivity contribution in [3.63, 3.8) is 0 Å². The average molecular weight is 264 g/mol. The molecule has 1 N–H and O–H groups in total. The van der Waals surface area contributed by atoms with Crippen molar-refractivity contribution in [2.24, 2.45) is 5.92 Å². The maximum Gasteiger partial charge on any atom is 0.346 e. The Morgan fingerprint density at radius 2 is 2.17 bits per heavy atom. The molecule has 0 aliphatic heterocycles. The SMILES string of the molecule is COc1cccc2c(CC(C)C)c(C(=O)O)sc12. The summed E-state index contributed by atoms with van der Waals surface area (Å²) in [4.78, 5) is 11.8.